The Morgan fingerprint density at radius 2 is 1.96 bits per heavy atom. The molecule has 24 heavy (non-hydrogen) atoms. The zero-order valence-corrected chi connectivity index (χ0v) is 15.0. The third-order valence-electron chi connectivity index (χ3n) is 3.40. The Morgan fingerprint density at radius 3 is 2.67 bits per heavy atom. The third-order valence-corrected chi connectivity index (χ3v) is 3.77. The van der Waals surface area contributed by atoms with Crippen LogP contribution in [0.3, 0.4) is 0 Å². The second-order valence-corrected chi connectivity index (χ2v) is 5.64. The highest BCUT2D eigenvalue weighted by Gasteiger charge is 2.06. The van der Waals surface area contributed by atoms with Crippen molar-refractivity contribution in [2.24, 2.45) is 0 Å². The standard InChI is InChI=1S/C17H20ClN3O2.ClH/c1-19-10-4-7-16(22)20-14-8-9-17(23)21(12-14)11-13-5-2-3-6-15(13)18;/h2-3,5-6,8-9,12,19H,4,7,10-11H2,1H3,(H,20,22);1H. The molecule has 0 saturated carbocycles. The van der Waals surface area contributed by atoms with E-state index in [0.29, 0.717) is 23.7 Å². The molecule has 7 heteroatoms. The van der Waals surface area contributed by atoms with Crippen LogP contribution in [0.4, 0.5) is 5.69 Å². The van der Waals surface area contributed by atoms with Crippen molar-refractivity contribution in [3.05, 3.63) is 63.5 Å². The molecule has 0 aliphatic rings. The maximum Gasteiger partial charge on any atom is 0.250 e. The van der Waals surface area contributed by atoms with Crippen LogP contribution in [0.25, 0.3) is 0 Å². The van der Waals surface area contributed by atoms with E-state index in [9.17, 15) is 9.59 Å². The Morgan fingerprint density at radius 1 is 1.21 bits per heavy atom. The summed E-state index contributed by atoms with van der Waals surface area (Å²) in [5.74, 6) is -0.0665. The van der Waals surface area contributed by atoms with Gasteiger partial charge in [0.1, 0.15) is 0 Å². The third kappa shape index (κ3) is 6.00. The van der Waals surface area contributed by atoms with Gasteiger partial charge in [-0.3, -0.25) is 9.59 Å². The van der Waals surface area contributed by atoms with Gasteiger partial charge in [0.05, 0.1) is 12.2 Å². The van der Waals surface area contributed by atoms with Crippen LogP contribution in [0.1, 0.15) is 18.4 Å². The molecule has 2 aromatic rings. The number of nitrogens with one attached hydrogen (secondary N) is 2. The molecular formula is C17H21Cl2N3O2. The number of hydrogen-bond donors (Lipinski definition) is 2. The van der Waals surface area contributed by atoms with Gasteiger partial charge in [-0.05, 0) is 37.7 Å². The number of hydrogen-bond acceptors (Lipinski definition) is 3. The minimum atomic E-state index is -0.141. The number of benzene rings is 1. The Balaban J connectivity index is 0.00000288. The van der Waals surface area contributed by atoms with E-state index in [-0.39, 0.29) is 23.9 Å². The first kappa shape index (κ1) is 20.2. The van der Waals surface area contributed by atoms with E-state index in [1.54, 1.807) is 18.3 Å². The molecule has 0 aliphatic heterocycles. The number of pyridine rings is 1. The Hall–Kier alpha value is -1.82. The largest absolute Gasteiger partial charge is 0.325 e. The quantitative estimate of drug-likeness (QED) is 0.737. The van der Waals surface area contributed by atoms with E-state index >= 15 is 0 Å². The number of rotatable bonds is 7. The van der Waals surface area contributed by atoms with E-state index in [4.69, 9.17) is 11.6 Å². The molecule has 0 saturated heterocycles. The molecule has 0 atom stereocenters. The summed E-state index contributed by atoms with van der Waals surface area (Å²) in [4.78, 5) is 23.8. The molecule has 0 fully saturated rings. The van der Waals surface area contributed by atoms with Crippen molar-refractivity contribution >= 4 is 35.6 Å². The number of carbonyl (C=O) groups is 1. The van der Waals surface area contributed by atoms with E-state index in [0.717, 1.165) is 18.5 Å². The first-order chi connectivity index (χ1) is 11.1. The Labute approximate surface area is 152 Å². The maximum atomic E-state index is 12.0. The molecule has 5 nitrogen and oxygen atoms in total. The second kappa shape index (κ2) is 10.1. The summed E-state index contributed by atoms with van der Waals surface area (Å²) in [6.45, 7) is 1.15. The first-order valence-corrected chi connectivity index (χ1v) is 7.86. The van der Waals surface area contributed by atoms with Crippen LogP contribution in [0.5, 0.6) is 0 Å². The summed E-state index contributed by atoms with van der Waals surface area (Å²) in [6, 6.07) is 10.4. The van der Waals surface area contributed by atoms with Crippen molar-refractivity contribution in [3.8, 4) is 0 Å². The van der Waals surface area contributed by atoms with Gasteiger partial charge in [0.2, 0.25) is 5.91 Å². The van der Waals surface area contributed by atoms with E-state index in [1.165, 1.54) is 10.6 Å². The van der Waals surface area contributed by atoms with Crippen LogP contribution in [0, 0.1) is 0 Å². The van der Waals surface area contributed by atoms with Gasteiger partial charge in [-0.1, -0.05) is 29.8 Å². The fraction of sp³-hybridized carbons (Fsp3) is 0.294. The lowest BCUT2D eigenvalue weighted by atomic mass is 10.2. The van der Waals surface area contributed by atoms with Gasteiger partial charge in [-0.25, -0.2) is 0 Å². The number of nitrogens with zero attached hydrogens (tertiary/aromatic N) is 1. The van der Waals surface area contributed by atoms with E-state index in [2.05, 4.69) is 10.6 Å². The van der Waals surface area contributed by atoms with Gasteiger partial charge in [-0.2, -0.15) is 0 Å². The average molecular weight is 370 g/mol. The Bertz CT molecular complexity index is 732. The first-order valence-electron chi connectivity index (χ1n) is 7.48. The lowest BCUT2D eigenvalue weighted by Gasteiger charge is -2.10. The number of aromatic nitrogens is 1. The zero-order valence-electron chi connectivity index (χ0n) is 13.4. The summed E-state index contributed by atoms with van der Waals surface area (Å²) < 4.78 is 1.53. The van der Waals surface area contributed by atoms with Crippen LogP contribution in [0.2, 0.25) is 5.02 Å². The lowest BCUT2D eigenvalue weighted by molar-refractivity contribution is -0.116. The molecule has 130 valence electrons. The van der Waals surface area contributed by atoms with Crippen LogP contribution >= 0.6 is 24.0 Å². The smallest absolute Gasteiger partial charge is 0.250 e. The summed E-state index contributed by atoms with van der Waals surface area (Å²) in [6.07, 6.45) is 2.84. The molecule has 2 N–H and O–H groups in total. The van der Waals surface area contributed by atoms with Crippen molar-refractivity contribution in [1.29, 1.82) is 0 Å². The van der Waals surface area contributed by atoms with Gasteiger partial charge in [-0.15, -0.1) is 12.4 Å². The number of amides is 1. The van der Waals surface area contributed by atoms with Crippen molar-refractivity contribution in [1.82, 2.24) is 9.88 Å². The SMILES string of the molecule is CNCCCC(=O)Nc1ccc(=O)n(Cc2ccccc2Cl)c1.Cl. The van der Waals surface area contributed by atoms with Crippen molar-refractivity contribution < 1.29 is 4.79 Å². The molecular weight excluding hydrogens is 349 g/mol. The van der Waals surface area contributed by atoms with Gasteiger partial charge >= 0.3 is 0 Å². The fourth-order valence-electron chi connectivity index (χ4n) is 2.19. The average Bonchev–Trinajstić information content (AvgIpc) is 2.53. The lowest BCUT2D eigenvalue weighted by Crippen LogP contribution is -2.21. The fourth-order valence-corrected chi connectivity index (χ4v) is 2.38. The van der Waals surface area contributed by atoms with Gasteiger partial charge < -0.3 is 15.2 Å². The molecule has 1 aromatic heterocycles. The molecule has 1 heterocycles. The molecule has 0 bridgehead atoms. The molecule has 0 spiro atoms. The van der Waals surface area contributed by atoms with Gasteiger partial charge in [0, 0.05) is 23.7 Å². The summed E-state index contributed by atoms with van der Waals surface area (Å²) >= 11 is 6.13. The highest BCUT2D eigenvalue weighted by atomic mass is 35.5. The zero-order chi connectivity index (χ0) is 16.7. The second-order valence-electron chi connectivity index (χ2n) is 5.23. The highest BCUT2D eigenvalue weighted by Crippen LogP contribution is 2.16. The predicted molar refractivity (Wildman–Crippen MR) is 100 cm³/mol. The maximum absolute atomic E-state index is 12.0. The minimum Gasteiger partial charge on any atom is -0.325 e. The number of anilines is 1. The van der Waals surface area contributed by atoms with Crippen LogP contribution in [-0.2, 0) is 11.3 Å². The molecule has 0 aliphatic carbocycles. The van der Waals surface area contributed by atoms with Crippen molar-refractivity contribution in [2.75, 3.05) is 18.9 Å². The number of halogens is 2. The minimum absolute atomic E-state index is 0. The van der Waals surface area contributed by atoms with Crippen molar-refractivity contribution in [2.45, 2.75) is 19.4 Å². The molecule has 2 rings (SSSR count). The molecule has 1 amide bonds. The highest BCUT2D eigenvalue weighted by molar-refractivity contribution is 6.31. The Kier molecular flexibility index (Phi) is 8.54. The molecule has 0 unspecified atom stereocenters. The van der Waals surface area contributed by atoms with E-state index < -0.39 is 0 Å². The van der Waals surface area contributed by atoms with Crippen LogP contribution in [0.15, 0.2) is 47.4 Å². The summed E-state index contributed by atoms with van der Waals surface area (Å²) in [5.41, 5.74) is 1.32. The summed E-state index contributed by atoms with van der Waals surface area (Å²) in [7, 11) is 1.85. The van der Waals surface area contributed by atoms with Crippen molar-refractivity contribution in [3.63, 3.8) is 0 Å². The normalized spacial score (nSPS) is 10.1. The summed E-state index contributed by atoms with van der Waals surface area (Å²) in [5, 5.41) is 6.42. The molecule has 0 radical (unpaired) electrons. The predicted octanol–water partition coefficient (Wildman–Crippen LogP) is 2.91. The van der Waals surface area contributed by atoms with Gasteiger partial charge in [0.15, 0.2) is 0 Å². The number of carbonyl (C=O) groups excluding carboxylic acids is 1. The topological polar surface area (TPSA) is 63.1 Å². The van der Waals surface area contributed by atoms with Gasteiger partial charge in [0.25, 0.3) is 5.56 Å². The monoisotopic (exact) mass is 369 g/mol. The van der Waals surface area contributed by atoms with Crippen LogP contribution in [-0.4, -0.2) is 24.1 Å². The van der Waals surface area contributed by atoms with E-state index in [1.807, 2.05) is 25.2 Å². The molecule has 1 aromatic carbocycles. The van der Waals surface area contributed by atoms with Crippen LogP contribution < -0.4 is 16.2 Å².